The van der Waals surface area contributed by atoms with Crippen LogP contribution in [0.4, 0.5) is 0 Å². The number of aliphatic hydroxyl groups is 1. The lowest BCUT2D eigenvalue weighted by Gasteiger charge is -2.23. The van der Waals surface area contributed by atoms with Crippen LogP contribution in [-0.4, -0.2) is 27.8 Å². The zero-order valence-electron chi connectivity index (χ0n) is 6.99. The van der Waals surface area contributed by atoms with Gasteiger partial charge in [0.15, 0.2) is 0 Å². The van der Waals surface area contributed by atoms with Gasteiger partial charge in [-0.25, -0.2) is 0 Å². The maximum Gasteiger partial charge on any atom is 0.320 e. The minimum absolute atomic E-state index is 0.183. The Morgan fingerprint density at radius 1 is 1.50 bits per heavy atom. The fourth-order valence-corrected chi connectivity index (χ4v) is 1.73. The average molecular weight is 173 g/mol. The van der Waals surface area contributed by atoms with Gasteiger partial charge in [0.1, 0.15) is 6.04 Å². The smallest absolute Gasteiger partial charge is 0.320 e. The van der Waals surface area contributed by atoms with Crippen molar-refractivity contribution in [2.24, 2.45) is 5.73 Å². The van der Waals surface area contributed by atoms with Crippen molar-refractivity contribution in [3.05, 3.63) is 0 Å². The van der Waals surface area contributed by atoms with Crippen LogP contribution < -0.4 is 5.73 Å². The molecular formula is C8H15NO3. The van der Waals surface area contributed by atoms with Gasteiger partial charge in [0, 0.05) is 6.42 Å². The Morgan fingerprint density at radius 3 is 2.42 bits per heavy atom. The van der Waals surface area contributed by atoms with Crippen LogP contribution >= 0.6 is 0 Å². The van der Waals surface area contributed by atoms with Crippen LogP contribution in [0, 0.1) is 0 Å². The molecular weight excluding hydrogens is 158 g/mol. The number of carbonyl (C=O) groups is 1. The van der Waals surface area contributed by atoms with Gasteiger partial charge in [-0.3, -0.25) is 4.79 Å². The average Bonchev–Trinajstić information content (AvgIpc) is 2.35. The summed E-state index contributed by atoms with van der Waals surface area (Å²) in [6, 6.07) is -0.923. The van der Waals surface area contributed by atoms with E-state index in [9.17, 15) is 9.90 Å². The number of carboxylic acids is 1. The third-order valence-electron chi connectivity index (χ3n) is 2.45. The number of hydrogen-bond donors (Lipinski definition) is 3. The highest BCUT2D eigenvalue weighted by Crippen LogP contribution is 2.32. The molecule has 70 valence electrons. The summed E-state index contributed by atoms with van der Waals surface area (Å²) in [4.78, 5) is 10.4. The van der Waals surface area contributed by atoms with Crippen molar-refractivity contribution in [1.29, 1.82) is 0 Å². The molecule has 0 aromatic heterocycles. The first-order chi connectivity index (χ1) is 5.53. The van der Waals surface area contributed by atoms with E-state index in [0.717, 1.165) is 12.8 Å². The molecule has 0 amide bonds. The molecule has 0 unspecified atom stereocenters. The van der Waals surface area contributed by atoms with Crippen molar-refractivity contribution in [1.82, 2.24) is 0 Å². The maximum absolute atomic E-state index is 10.4. The van der Waals surface area contributed by atoms with Crippen molar-refractivity contribution in [2.45, 2.75) is 43.7 Å². The van der Waals surface area contributed by atoms with Crippen LogP contribution in [0.2, 0.25) is 0 Å². The van der Waals surface area contributed by atoms with Gasteiger partial charge in [-0.05, 0) is 12.8 Å². The normalized spacial score (nSPS) is 23.8. The first-order valence-corrected chi connectivity index (χ1v) is 4.24. The molecule has 1 saturated carbocycles. The monoisotopic (exact) mass is 173 g/mol. The molecule has 0 saturated heterocycles. The molecule has 4 heteroatoms. The van der Waals surface area contributed by atoms with E-state index in [1.807, 2.05) is 0 Å². The first kappa shape index (κ1) is 9.48. The first-order valence-electron chi connectivity index (χ1n) is 4.24. The molecule has 1 aliphatic rings. The molecule has 12 heavy (non-hydrogen) atoms. The minimum atomic E-state index is -1.03. The van der Waals surface area contributed by atoms with E-state index in [-0.39, 0.29) is 6.42 Å². The Morgan fingerprint density at radius 2 is 2.00 bits per heavy atom. The predicted molar refractivity (Wildman–Crippen MR) is 43.6 cm³/mol. The van der Waals surface area contributed by atoms with Gasteiger partial charge in [-0.1, -0.05) is 12.8 Å². The number of aliphatic carboxylic acids is 1. The third-order valence-corrected chi connectivity index (χ3v) is 2.45. The highest BCUT2D eigenvalue weighted by Gasteiger charge is 2.34. The molecule has 0 aliphatic heterocycles. The van der Waals surface area contributed by atoms with Crippen molar-refractivity contribution in [3.8, 4) is 0 Å². The van der Waals surface area contributed by atoms with Crippen molar-refractivity contribution < 1.29 is 15.0 Å². The summed E-state index contributed by atoms with van der Waals surface area (Å²) in [5, 5.41) is 18.3. The second-order valence-corrected chi connectivity index (χ2v) is 3.58. The molecule has 0 spiro atoms. The molecule has 1 fully saturated rings. The van der Waals surface area contributed by atoms with Gasteiger partial charge in [0.2, 0.25) is 0 Å². The van der Waals surface area contributed by atoms with E-state index in [0.29, 0.717) is 12.8 Å². The van der Waals surface area contributed by atoms with E-state index in [1.165, 1.54) is 0 Å². The highest BCUT2D eigenvalue weighted by atomic mass is 16.4. The van der Waals surface area contributed by atoms with Gasteiger partial charge in [0.05, 0.1) is 5.60 Å². The lowest BCUT2D eigenvalue weighted by Crippen LogP contribution is -2.39. The standard InChI is InChI=1S/C8H15NO3/c9-6(7(10)11)5-8(12)3-1-2-4-8/h6,12H,1-5,9H2,(H,10,11)/t6-/m1/s1. The Bertz CT molecular complexity index is 175. The Hall–Kier alpha value is -0.610. The van der Waals surface area contributed by atoms with Crippen LogP contribution in [0.15, 0.2) is 0 Å². The van der Waals surface area contributed by atoms with E-state index >= 15 is 0 Å². The fourth-order valence-electron chi connectivity index (χ4n) is 1.73. The van der Waals surface area contributed by atoms with E-state index in [2.05, 4.69) is 0 Å². The van der Waals surface area contributed by atoms with Crippen molar-refractivity contribution in [2.75, 3.05) is 0 Å². The molecule has 0 heterocycles. The van der Waals surface area contributed by atoms with Gasteiger partial charge < -0.3 is 15.9 Å². The second-order valence-electron chi connectivity index (χ2n) is 3.58. The number of rotatable bonds is 3. The lowest BCUT2D eigenvalue weighted by atomic mass is 9.94. The van der Waals surface area contributed by atoms with Crippen LogP contribution in [-0.2, 0) is 4.79 Å². The van der Waals surface area contributed by atoms with Crippen LogP contribution in [0.3, 0.4) is 0 Å². The van der Waals surface area contributed by atoms with E-state index < -0.39 is 17.6 Å². The highest BCUT2D eigenvalue weighted by molar-refractivity contribution is 5.73. The van der Waals surface area contributed by atoms with E-state index in [4.69, 9.17) is 10.8 Å². The summed E-state index contributed by atoms with van der Waals surface area (Å²) in [5.74, 6) is -1.03. The van der Waals surface area contributed by atoms with E-state index in [1.54, 1.807) is 0 Å². The lowest BCUT2D eigenvalue weighted by molar-refractivity contribution is -0.140. The summed E-state index contributed by atoms with van der Waals surface area (Å²) in [7, 11) is 0. The molecule has 0 radical (unpaired) electrons. The molecule has 1 rings (SSSR count). The van der Waals surface area contributed by atoms with Gasteiger partial charge >= 0.3 is 5.97 Å². The summed E-state index contributed by atoms with van der Waals surface area (Å²) in [6.45, 7) is 0. The Labute approximate surface area is 71.4 Å². The minimum Gasteiger partial charge on any atom is -0.480 e. The molecule has 4 N–H and O–H groups in total. The number of hydrogen-bond acceptors (Lipinski definition) is 3. The summed E-state index contributed by atoms with van der Waals surface area (Å²) in [6.07, 6.45) is 3.51. The molecule has 4 nitrogen and oxygen atoms in total. The molecule has 1 atom stereocenters. The number of nitrogens with two attached hydrogens (primary N) is 1. The van der Waals surface area contributed by atoms with Gasteiger partial charge in [-0.2, -0.15) is 0 Å². The summed E-state index contributed by atoms with van der Waals surface area (Å²) in [5.41, 5.74) is 4.51. The third kappa shape index (κ3) is 2.19. The largest absolute Gasteiger partial charge is 0.480 e. The number of carboxylic acid groups (broad SMARTS) is 1. The van der Waals surface area contributed by atoms with Crippen molar-refractivity contribution in [3.63, 3.8) is 0 Å². The zero-order valence-corrected chi connectivity index (χ0v) is 6.99. The fraction of sp³-hybridized carbons (Fsp3) is 0.875. The maximum atomic E-state index is 10.4. The van der Waals surface area contributed by atoms with Gasteiger partial charge in [0.25, 0.3) is 0 Å². The second kappa shape index (κ2) is 3.41. The zero-order chi connectivity index (χ0) is 9.19. The van der Waals surface area contributed by atoms with Crippen LogP contribution in [0.1, 0.15) is 32.1 Å². The molecule has 0 aromatic carbocycles. The van der Waals surface area contributed by atoms with Crippen LogP contribution in [0.25, 0.3) is 0 Å². The van der Waals surface area contributed by atoms with Crippen molar-refractivity contribution >= 4 is 5.97 Å². The Balaban J connectivity index is 2.43. The summed E-state index contributed by atoms with van der Waals surface area (Å²) < 4.78 is 0. The Kier molecular flexibility index (Phi) is 2.69. The topological polar surface area (TPSA) is 83.5 Å². The van der Waals surface area contributed by atoms with Gasteiger partial charge in [-0.15, -0.1) is 0 Å². The quantitative estimate of drug-likeness (QED) is 0.565. The molecule has 1 aliphatic carbocycles. The summed E-state index contributed by atoms with van der Waals surface area (Å²) >= 11 is 0. The molecule has 0 aromatic rings. The van der Waals surface area contributed by atoms with Crippen LogP contribution in [0.5, 0.6) is 0 Å². The molecule has 0 bridgehead atoms. The SMILES string of the molecule is N[C@H](CC1(O)CCCC1)C(=O)O. The predicted octanol–water partition coefficient (Wildman–Crippen LogP) is 0.0935.